The monoisotopic (exact) mass is 443 g/mol. The number of morpholine rings is 1. The van der Waals surface area contributed by atoms with Crippen molar-refractivity contribution in [2.75, 3.05) is 39.9 Å². The predicted octanol–water partition coefficient (Wildman–Crippen LogP) is 3.20. The molecule has 0 amide bonds. The van der Waals surface area contributed by atoms with E-state index in [4.69, 9.17) is 9.47 Å². The Balaban J connectivity index is 1.30. The summed E-state index contributed by atoms with van der Waals surface area (Å²) in [6.45, 7) is 4.97. The fourth-order valence-electron chi connectivity index (χ4n) is 4.18. The number of aliphatic imine (C=N–C) groups is 1. The Morgan fingerprint density at radius 3 is 2.87 bits per heavy atom. The van der Waals surface area contributed by atoms with Gasteiger partial charge in [0.15, 0.2) is 5.96 Å². The molecular weight excluding hydrogens is 410 g/mol. The summed E-state index contributed by atoms with van der Waals surface area (Å²) in [5.74, 6) is 1.52. The molecule has 4 rings (SSSR count). The molecule has 1 atom stereocenters. The molecule has 1 saturated heterocycles. The molecule has 7 nitrogen and oxygen atoms in total. The second-order valence-electron chi connectivity index (χ2n) is 8.01. The van der Waals surface area contributed by atoms with Gasteiger partial charge in [0.2, 0.25) is 5.88 Å². The van der Waals surface area contributed by atoms with Gasteiger partial charge in [0.1, 0.15) is 6.10 Å². The Hall–Kier alpha value is -2.16. The van der Waals surface area contributed by atoms with Crippen LogP contribution in [-0.4, -0.2) is 61.8 Å². The van der Waals surface area contributed by atoms with Gasteiger partial charge in [0, 0.05) is 50.4 Å². The summed E-state index contributed by atoms with van der Waals surface area (Å²) >= 11 is 1.80. The average molecular weight is 444 g/mol. The number of thiophene rings is 1. The first-order valence-electron chi connectivity index (χ1n) is 11.2. The predicted molar refractivity (Wildman–Crippen MR) is 125 cm³/mol. The highest BCUT2D eigenvalue weighted by Gasteiger charge is 2.23. The van der Waals surface area contributed by atoms with E-state index in [9.17, 15) is 0 Å². The summed E-state index contributed by atoms with van der Waals surface area (Å²) in [6, 6.07) is 8.70. The summed E-state index contributed by atoms with van der Waals surface area (Å²) in [4.78, 5) is 12.7. The molecule has 1 unspecified atom stereocenters. The van der Waals surface area contributed by atoms with Gasteiger partial charge in [-0.1, -0.05) is 6.07 Å². The number of nitrogens with one attached hydrogen (secondary N) is 2. The SMILES string of the molecule is CN=C(NCc1ccnc(OC2CCCC2)c1)NCC(c1cccs1)N1CCOCC1. The number of aromatic nitrogens is 1. The molecule has 1 saturated carbocycles. The van der Waals surface area contributed by atoms with Crippen molar-refractivity contribution in [2.45, 2.75) is 44.4 Å². The fourth-order valence-corrected chi connectivity index (χ4v) is 5.04. The second kappa shape index (κ2) is 11.5. The van der Waals surface area contributed by atoms with Gasteiger partial charge < -0.3 is 20.1 Å². The quantitative estimate of drug-likeness (QED) is 0.482. The van der Waals surface area contributed by atoms with Crippen LogP contribution >= 0.6 is 11.3 Å². The standard InChI is InChI=1S/C23H33N5O2S/c1-24-23(26-16-18-8-9-25-22(15-18)30-19-5-2-3-6-19)27-17-20(21-7-4-14-31-21)28-10-12-29-13-11-28/h4,7-9,14-15,19-20H,2-3,5-6,10-13,16-17H2,1H3,(H2,24,26,27). The summed E-state index contributed by atoms with van der Waals surface area (Å²) in [5, 5.41) is 9.08. The lowest BCUT2D eigenvalue weighted by Crippen LogP contribution is -2.46. The molecular formula is C23H33N5O2S. The second-order valence-corrected chi connectivity index (χ2v) is 8.99. The lowest BCUT2D eigenvalue weighted by Gasteiger charge is -2.34. The van der Waals surface area contributed by atoms with E-state index in [0.29, 0.717) is 18.7 Å². The number of nitrogens with zero attached hydrogens (tertiary/aromatic N) is 3. The van der Waals surface area contributed by atoms with Crippen molar-refractivity contribution in [3.63, 3.8) is 0 Å². The summed E-state index contributed by atoms with van der Waals surface area (Å²) < 4.78 is 11.6. The van der Waals surface area contributed by atoms with Crippen molar-refractivity contribution in [3.8, 4) is 5.88 Å². The van der Waals surface area contributed by atoms with Crippen LogP contribution in [0.2, 0.25) is 0 Å². The van der Waals surface area contributed by atoms with E-state index in [1.54, 1.807) is 11.3 Å². The van der Waals surface area contributed by atoms with Gasteiger partial charge in [-0.2, -0.15) is 0 Å². The van der Waals surface area contributed by atoms with Crippen molar-refractivity contribution in [2.24, 2.45) is 4.99 Å². The number of pyridine rings is 1. The first kappa shape index (κ1) is 22.0. The molecule has 0 radical (unpaired) electrons. The third-order valence-electron chi connectivity index (χ3n) is 5.89. The minimum atomic E-state index is 0.315. The van der Waals surface area contributed by atoms with Gasteiger partial charge in [0.05, 0.1) is 19.3 Å². The van der Waals surface area contributed by atoms with Crippen LogP contribution in [0.4, 0.5) is 0 Å². The van der Waals surface area contributed by atoms with Crippen LogP contribution in [0.15, 0.2) is 40.8 Å². The van der Waals surface area contributed by atoms with E-state index < -0.39 is 0 Å². The lowest BCUT2D eigenvalue weighted by molar-refractivity contribution is 0.0177. The van der Waals surface area contributed by atoms with Crippen LogP contribution in [-0.2, 0) is 11.3 Å². The largest absolute Gasteiger partial charge is 0.474 e. The molecule has 1 aliphatic carbocycles. The smallest absolute Gasteiger partial charge is 0.213 e. The Bertz CT molecular complexity index is 817. The Kier molecular flexibility index (Phi) is 8.15. The van der Waals surface area contributed by atoms with Crippen LogP contribution in [0, 0.1) is 0 Å². The van der Waals surface area contributed by atoms with Crippen LogP contribution in [0.3, 0.4) is 0 Å². The lowest BCUT2D eigenvalue weighted by atomic mass is 10.2. The molecule has 2 fully saturated rings. The number of rotatable bonds is 8. The highest BCUT2D eigenvalue weighted by molar-refractivity contribution is 7.10. The zero-order chi connectivity index (χ0) is 21.3. The molecule has 0 bridgehead atoms. The van der Waals surface area contributed by atoms with Gasteiger partial charge in [0.25, 0.3) is 0 Å². The molecule has 2 aromatic heterocycles. The van der Waals surface area contributed by atoms with E-state index in [1.807, 2.05) is 25.4 Å². The highest BCUT2D eigenvalue weighted by Crippen LogP contribution is 2.25. The molecule has 2 N–H and O–H groups in total. The van der Waals surface area contributed by atoms with Crippen LogP contribution < -0.4 is 15.4 Å². The van der Waals surface area contributed by atoms with E-state index >= 15 is 0 Å². The van der Waals surface area contributed by atoms with Gasteiger partial charge in [-0.25, -0.2) is 4.98 Å². The Labute approximate surface area is 188 Å². The highest BCUT2D eigenvalue weighted by atomic mass is 32.1. The summed E-state index contributed by atoms with van der Waals surface area (Å²) in [5.41, 5.74) is 1.13. The normalized spacial score (nSPS) is 19.3. The minimum Gasteiger partial charge on any atom is -0.474 e. The van der Waals surface area contributed by atoms with Crippen LogP contribution in [0.25, 0.3) is 0 Å². The van der Waals surface area contributed by atoms with Crippen LogP contribution in [0.5, 0.6) is 5.88 Å². The summed E-state index contributed by atoms with van der Waals surface area (Å²) in [7, 11) is 1.81. The number of hydrogen-bond acceptors (Lipinski definition) is 6. The molecule has 31 heavy (non-hydrogen) atoms. The first-order chi connectivity index (χ1) is 15.3. The average Bonchev–Trinajstić information content (AvgIpc) is 3.52. The van der Waals surface area contributed by atoms with Crippen molar-refractivity contribution < 1.29 is 9.47 Å². The Morgan fingerprint density at radius 2 is 2.13 bits per heavy atom. The van der Waals surface area contributed by atoms with Gasteiger partial charge in [-0.3, -0.25) is 9.89 Å². The topological polar surface area (TPSA) is 71.0 Å². The van der Waals surface area contributed by atoms with Gasteiger partial charge >= 0.3 is 0 Å². The minimum absolute atomic E-state index is 0.315. The van der Waals surface area contributed by atoms with Crippen molar-refractivity contribution >= 4 is 17.3 Å². The first-order valence-corrected chi connectivity index (χ1v) is 12.1. The van der Waals surface area contributed by atoms with E-state index in [1.165, 1.54) is 17.7 Å². The molecule has 2 aromatic rings. The van der Waals surface area contributed by atoms with Gasteiger partial charge in [-0.15, -0.1) is 11.3 Å². The maximum Gasteiger partial charge on any atom is 0.213 e. The molecule has 0 spiro atoms. The van der Waals surface area contributed by atoms with E-state index in [0.717, 1.165) is 63.1 Å². The van der Waals surface area contributed by atoms with Crippen LogP contribution in [0.1, 0.15) is 42.2 Å². The van der Waals surface area contributed by atoms with E-state index in [2.05, 4.69) is 43.0 Å². The molecule has 168 valence electrons. The molecule has 8 heteroatoms. The van der Waals surface area contributed by atoms with Gasteiger partial charge in [-0.05, 0) is 48.8 Å². The maximum atomic E-state index is 6.04. The van der Waals surface area contributed by atoms with Crippen molar-refractivity contribution in [1.29, 1.82) is 0 Å². The Morgan fingerprint density at radius 1 is 1.29 bits per heavy atom. The van der Waals surface area contributed by atoms with Crippen molar-refractivity contribution in [3.05, 3.63) is 46.3 Å². The molecule has 1 aliphatic heterocycles. The molecule has 0 aromatic carbocycles. The number of ether oxygens (including phenoxy) is 2. The third kappa shape index (κ3) is 6.41. The molecule has 2 aliphatic rings. The van der Waals surface area contributed by atoms with E-state index in [-0.39, 0.29) is 0 Å². The third-order valence-corrected chi connectivity index (χ3v) is 6.87. The summed E-state index contributed by atoms with van der Waals surface area (Å²) in [6.07, 6.45) is 6.92. The number of guanidine groups is 1. The zero-order valence-electron chi connectivity index (χ0n) is 18.3. The number of hydrogen-bond donors (Lipinski definition) is 2. The zero-order valence-corrected chi connectivity index (χ0v) is 19.1. The molecule has 3 heterocycles. The van der Waals surface area contributed by atoms with Crippen molar-refractivity contribution in [1.82, 2.24) is 20.5 Å². The maximum absolute atomic E-state index is 6.04. The fraction of sp³-hybridized carbons (Fsp3) is 0.565.